The maximum atomic E-state index is 2.46. The second-order valence-corrected chi connectivity index (χ2v) is 23.0. The van der Waals surface area contributed by atoms with Gasteiger partial charge in [0, 0.05) is 56.3 Å². The normalized spacial score (nSPS) is 11.5. The number of aryl methyl sites for hydroxylation is 4. The molecule has 410 valence electrons. The Kier molecular flexibility index (Phi) is 13.1. The van der Waals surface area contributed by atoms with Crippen molar-refractivity contribution in [1.82, 2.24) is 9.13 Å². The summed E-state index contributed by atoms with van der Waals surface area (Å²) in [6, 6.07) is 112. The van der Waals surface area contributed by atoms with Crippen LogP contribution in [0.4, 0.5) is 34.1 Å². The lowest BCUT2D eigenvalue weighted by atomic mass is 9.99. The van der Waals surface area contributed by atoms with Gasteiger partial charge >= 0.3 is 0 Å². The summed E-state index contributed by atoms with van der Waals surface area (Å²) in [4.78, 5) is 4.69. The fourth-order valence-electron chi connectivity index (χ4n) is 12.5. The van der Waals surface area contributed by atoms with E-state index in [4.69, 9.17) is 0 Å². The summed E-state index contributed by atoms with van der Waals surface area (Å²) >= 11 is 0. The highest BCUT2D eigenvalue weighted by Gasteiger charge is 2.21. The lowest BCUT2D eigenvalue weighted by Gasteiger charge is -2.26. The van der Waals surface area contributed by atoms with E-state index in [2.05, 4.69) is 350 Å². The van der Waals surface area contributed by atoms with Crippen LogP contribution in [-0.2, 0) is 0 Å². The average molecular weight is 1100 g/mol. The summed E-state index contributed by atoms with van der Waals surface area (Å²) in [5.74, 6) is 0. The number of anilines is 6. The van der Waals surface area contributed by atoms with Gasteiger partial charge in [0.1, 0.15) is 0 Å². The average Bonchev–Trinajstić information content (AvgIpc) is 1.77. The second-order valence-electron chi connectivity index (χ2n) is 23.0. The van der Waals surface area contributed by atoms with Gasteiger partial charge in [0.25, 0.3) is 0 Å². The highest BCUT2D eigenvalue weighted by atomic mass is 15.1. The van der Waals surface area contributed by atoms with Gasteiger partial charge in [0.05, 0.1) is 22.4 Å². The molecule has 13 aromatic carbocycles. The molecular weight excluding hydrogens is 1040 g/mol. The molecule has 0 fully saturated rings. The molecule has 86 heavy (non-hydrogen) atoms. The third kappa shape index (κ3) is 9.77. The highest BCUT2D eigenvalue weighted by Crippen LogP contribution is 2.43. The Hall–Kier alpha value is -10.9. The van der Waals surface area contributed by atoms with E-state index in [9.17, 15) is 0 Å². The first-order valence-electron chi connectivity index (χ1n) is 29.7. The van der Waals surface area contributed by atoms with Gasteiger partial charge in [-0.25, -0.2) is 0 Å². The fourth-order valence-corrected chi connectivity index (χ4v) is 12.5. The van der Waals surface area contributed by atoms with Crippen LogP contribution < -0.4 is 9.80 Å². The molecule has 0 aliphatic carbocycles. The molecule has 0 unspecified atom stereocenters. The van der Waals surface area contributed by atoms with Crippen LogP contribution >= 0.6 is 0 Å². The van der Waals surface area contributed by atoms with Crippen molar-refractivity contribution in [3.63, 3.8) is 0 Å². The van der Waals surface area contributed by atoms with E-state index in [-0.39, 0.29) is 0 Å². The van der Waals surface area contributed by atoms with E-state index in [1.807, 2.05) is 0 Å². The van der Waals surface area contributed by atoms with Crippen molar-refractivity contribution in [2.24, 2.45) is 0 Å². The van der Waals surface area contributed by atoms with E-state index in [0.717, 1.165) is 89.8 Å². The quantitative estimate of drug-likeness (QED) is 0.121. The van der Waals surface area contributed by atoms with E-state index in [1.165, 1.54) is 66.1 Å². The van der Waals surface area contributed by atoms with Gasteiger partial charge in [-0.05, 0) is 216 Å². The molecule has 15 rings (SSSR count). The molecule has 4 heteroatoms. The molecule has 0 saturated carbocycles. The number of fused-ring (bicyclic) bond motifs is 4. The molecule has 0 spiro atoms. The first-order valence-corrected chi connectivity index (χ1v) is 29.7. The zero-order valence-corrected chi connectivity index (χ0v) is 48.7. The van der Waals surface area contributed by atoms with E-state index >= 15 is 0 Å². The molecule has 4 nitrogen and oxygen atoms in total. The Labute approximate surface area is 503 Å². The smallest absolute Gasteiger partial charge is 0.0542 e. The Morgan fingerprint density at radius 3 is 0.791 bits per heavy atom. The van der Waals surface area contributed by atoms with Crippen LogP contribution in [-0.4, -0.2) is 9.13 Å². The van der Waals surface area contributed by atoms with Gasteiger partial charge in [-0.1, -0.05) is 192 Å². The number of hydrogen-bond acceptors (Lipinski definition) is 2. The predicted octanol–water partition coefficient (Wildman–Crippen LogP) is 22.7. The van der Waals surface area contributed by atoms with Gasteiger partial charge in [0.2, 0.25) is 0 Å². The first-order chi connectivity index (χ1) is 42.2. The molecule has 15 aromatic rings. The van der Waals surface area contributed by atoms with Crippen molar-refractivity contribution >= 4 is 77.5 Å². The minimum atomic E-state index is 1.08. The minimum absolute atomic E-state index is 1.08. The number of benzene rings is 13. The maximum absolute atomic E-state index is 2.46. The van der Waals surface area contributed by atoms with Crippen LogP contribution in [0.25, 0.3) is 99.5 Å². The lowest BCUT2D eigenvalue weighted by molar-refractivity contribution is 1.13. The Morgan fingerprint density at radius 2 is 0.477 bits per heavy atom. The molecule has 2 aromatic heterocycles. The van der Waals surface area contributed by atoms with Crippen molar-refractivity contribution < 1.29 is 0 Å². The number of hydrogen-bond donors (Lipinski definition) is 0. The fraction of sp³-hybridized carbons (Fsp3) is 0.0488. The summed E-state index contributed by atoms with van der Waals surface area (Å²) in [5.41, 5.74) is 25.2. The monoisotopic (exact) mass is 1100 g/mol. The molecule has 2 heterocycles. The topological polar surface area (TPSA) is 16.3 Å². The standard InChI is InChI=1S/C82H62N4/c1-55-13-33-71(34-14-55)83(72-35-15-56(2)16-36-72)75-41-45-77(46-42-75)85-79(63-27-21-61(22-28-63)67-31-25-59-9-5-7-11-65(59)49-67)51-69-54-82-70(53-81(69)85)52-80(64-29-23-62(24-30-64)68-32-26-60-10-6-8-12-66(60)50-68)86(82)78-47-43-76(44-48-78)84(73-37-17-57(3)18-38-73)74-39-19-58(4)20-40-74/h5-54H,1-4H3. The molecule has 0 aliphatic rings. The molecular formula is C82H62N4. The largest absolute Gasteiger partial charge is 0.311 e. The molecule has 0 N–H and O–H groups in total. The molecule has 0 aliphatic heterocycles. The highest BCUT2D eigenvalue weighted by molar-refractivity contribution is 6.03. The van der Waals surface area contributed by atoms with Gasteiger partial charge in [-0.3, -0.25) is 0 Å². The van der Waals surface area contributed by atoms with Crippen LogP contribution in [0.5, 0.6) is 0 Å². The molecule has 0 amide bonds. The van der Waals surface area contributed by atoms with Gasteiger partial charge in [0.15, 0.2) is 0 Å². The van der Waals surface area contributed by atoms with Crippen molar-refractivity contribution in [3.8, 4) is 56.1 Å². The molecule has 0 atom stereocenters. The van der Waals surface area contributed by atoms with Gasteiger partial charge < -0.3 is 18.9 Å². The Morgan fingerprint density at radius 1 is 0.209 bits per heavy atom. The molecule has 0 bridgehead atoms. The summed E-state index contributed by atoms with van der Waals surface area (Å²) in [6.45, 7) is 8.57. The van der Waals surface area contributed by atoms with Gasteiger partial charge in [-0.15, -0.1) is 0 Å². The lowest BCUT2D eigenvalue weighted by Crippen LogP contribution is -2.10. The zero-order chi connectivity index (χ0) is 57.8. The number of nitrogens with zero attached hydrogens (tertiary/aromatic N) is 4. The third-order valence-corrected chi connectivity index (χ3v) is 17.2. The minimum Gasteiger partial charge on any atom is -0.311 e. The second kappa shape index (κ2) is 21.7. The Bertz CT molecular complexity index is 4540. The SMILES string of the molecule is Cc1ccc(N(c2ccc(C)cc2)c2ccc(-n3c(-c4ccc(-c5ccc6ccccc6c5)cc4)cc4cc5c(cc(-c6ccc(-c7ccc8ccccc8c7)cc6)n5-c5ccc(N(c6ccc(C)cc6)c6ccc(C)cc6)cc5)cc43)cc2)cc1. The number of rotatable bonds is 12. The number of aromatic nitrogens is 2. The van der Waals surface area contributed by atoms with Crippen LogP contribution in [0.2, 0.25) is 0 Å². The van der Waals surface area contributed by atoms with E-state index in [1.54, 1.807) is 0 Å². The van der Waals surface area contributed by atoms with Crippen LogP contribution in [0.1, 0.15) is 22.3 Å². The van der Waals surface area contributed by atoms with Crippen molar-refractivity contribution in [3.05, 3.63) is 326 Å². The van der Waals surface area contributed by atoms with Crippen molar-refractivity contribution in [2.75, 3.05) is 9.80 Å². The van der Waals surface area contributed by atoms with Gasteiger partial charge in [-0.2, -0.15) is 0 Å². The first kappa shape index (κ1) is 51.9. The van der Waals surface area contributed by atoms with Crippen molar-refractivity contribution in [2.45, 2.75) is 27.7 Å². The van der Waals surface area contributed by atoms with Crippen LogP contribution in [0, 0.1) is 27.7 Å². The summed E-state index contributed by atoms with van der Waals surface area (Å²) < 4.78 is 4.92. The van der Waals surface area contributed by atoms with Crippen LogP contribution in [0.15, 0.2) is 303 Å². The third-order valence-electron chi connectivity index (χ3n) is 17.2. The zero-order valence-electron chi connectivity index (χ0n) is 48.7. The van der Waals surface area contributed by atoms with Crippen molar-refractivity contribution in [1.29, 1.82) is 0 Å². The Balaban J connectivity index is 0.896. The summed E-state index contributed by atoms with van der Waals surface area (Å²) in [6.07, 6.45) is 0. The van der Waals surface area contributed by atoms with E-state index in [0.29, 0.717) is 0 Å². The predicted molar refractivity (Wildman–Crippen MR) is 365 cm³/mol. The summed E-state index contributed by atoms with van der Waals surface area (Å²) in [7, 11) is 0. The molecule has 0 radical (unpaired) electrons. The molecule has 0 saturated heterocycles. The summed E-state index contributed by atoms with van der Waals surface area (Å²) in [5, 5.41) is 7.25. The maximum Gasteiger partial charge on any atom is 0.0542 e. The van der Waals surface area contributed by atoms with Crippen LogP contribution in [0.3, 0.4) is 0 Å². The van der Waals surface area contributed by atoms with E-state index < -0.39 is 0 Å².